The van der Waals surface area contributed by atoms with Crippen LogP contribution >= 0.6 is 0 Å². The van der Waals surface area contributed by atoms with Crippen LogP contribution < -0.4 is 0 Å². The molecule has 0 bridgehead atoms. The van der Waals surface area contributed by atoms with Crippen LogP contribution in [0.2, 0.25) is 0 Å². The molecule has 1 aromatic carbocycles. The molecule has 1 N–H and O–H groups in total. The highest BCUT2D eigenvalue weighted by atomic mass is 16.5. The van der Waals surface area contributed by atoms with Crippen molar-refractivity contribution in [1.82, 2.24) is 4.90 Å². The molecule has 1 saturated heterocycles. The van der Waals surface area contributed by atoms with E-state index in [2.05, 4.69) is 4.90 Å². The number of hydrogen-bond acceptors (Lipinski definition) is 3. The minimum atomic E-state index is -0.447. The highest BCUT2D eigenvalue weighted by molar-refractivity contribution is 5.13. The van der Waals surface area contributed by atoms with Gasteiger partial charge in [-0.1, -0.05) is 30.3 Å². The summed E-state index contributed by atoms with van der Waals surface area (Å²) in [5.41, 5.74) is 1.15. The van der Waals surface area contributed by atoms with Gasteiger partial charge in [0.05, 0.1) is 12.7 Å². The third-order valence-electron chi connectivity index (χ3n) is 3.18. The third kappa shape index (κ3) is 3.53. The van der Waals surface area contributed by atoms with E-state index in [1.165, 1.54) is 12.8 Å². The van der Waals surface area contributed by atoms with Crippen LogP contribution in [-0.2, 0) is 11.3 Å². The van der Waals surface area contributed by atoms with Crippen LogP contribution in [0.15, 0.2) is 30.3 Å². The molecule has 0 radical (unpaired) electrons. The third-order valence-corrected chi connectivity index (χ3v) is 3.18. The average Bonchev–Trinajstić information content (AvgIpc) is 2.84. The van der Waals surface area contributed by atoms with Crippen molar-refractivity contribution in [2.24, 2.45) is 0 Å². The van der Waals surface area contributed by atoms with Crippen LogP contribution in [0.5, 0.6) is 0 Å². The summed E-state index contributed by atoms with van der Waals surface area (Å²) in [6.45, 7) is 4.43. The largest absolute Gasteiger partial charge is 0.389 e. The van der Waals surface area contributed by atoms with Gasteiger partial charge in [-0.25, -0.2) is 0 Å². The summed E-state index contributed by atoms with van der Waals surface area (Å²) in [6, 6.07) is 10.1. The molecule has 2 unspecified atom stereocenters. The molecular weight excluding hydrogens is 214 g/mol. The zero-order chi connectivity index (χ0) is 12.1. The number of nitrogens with zero attached hydrogens (tertiary/aromatic N) is 1. The van der Waals surface area contributed by atoms with Crippen LogP contribution in [0.1, 0.15) is 25.3 Å². The maximum atomic E-state index is 9.78. The topological polar surface area (TPSA) is 32.7 Å². The Morgan fingerprint density at radius 2 is 1.88 bits per heavy atom. The first-order valence-corrected chi connectivity index (χ1v) is 6.35. The predicted octanol–water partition coefficient (Wildman–Crippen LogP) is 2.01. The van der Waals surface area contributed by atoms with Gasteiger partial charge in [0.25, 0.3) is 0 Å². The van der Waals surface area contributed by atoms with Gasteiger partial charge >= 0.3 is 0 Å². The summed E-state index contributed by atoms with van der Waals surface area (Å²) in [7, 11) is 0. The summed E-state index contributed by atoms with van der Waals surface area (Å²) in [5, 5.41) is 9.78. The SMILES string of the molecule is CC(O)C(OCc1ccccc1)N1CCCC1. The fourth-order valence-electron chi connectivity index (χ4n) is 2.30. The number of likely N-dealkylation sites (tertiary alicyclic amines) is 1. The monoisotopic (exact) mass is 235 g/mol. The van der Waals surface area contributed by atoms with Crippen molar-refractivity contribution in [3.8, 4) is 0 Å². The summed E-state index contributed by atoms with van der Waals surface area (Å²) in [6.07, 6.45) is 1.80. The summed E-state index contributed by atoms with van der Waals surface area (Å²) < 4.78 is 5.85. The molecule has 1 aliphatic heterocycles. The maximum Gasteiger partial charge on any atom is 0.136 e. The summed E-state index contributed by atoms with van der Waals surface area (Å²) in [5.74, 6) is 0. The Morgan fingerprint density at radius 3 is 2.47 bits per heavy atom. The first kappa shape index (κ1) is 12.6. The average molecular weight is 235 g/mol. The van der Waals surface area contributed by atoms with Gasteiger partial charge in [0, 0.05) is 13.1 Å². The molecule has 1 heterocycles. The van der Waals surface area contributed by atoms with Crippen LogP contribution in [0, 0.1) is 0 Å². The highest BCUT2D eigenvalue weighted by Crippen LogP contribution is 2.16. The van der Waals surface area contributed by atoms with Crippen molar-refractivity contribution in [2.75, 3.05) is 13.1 Å². The standard InChI is InChI=1S/C14H21NO2/c1-12(16)14(15-9-5-6-10-15)17-11-13-7-3-2-4-8-13/h2-4,7-8,12,14,16H,5-6,9-11H2,1H3. The van der Waals surface area contributed by atoms with Gasteiger partial charge in [0.15, 0.2) is 0 Å². The molecular formula is C14H21NO2. The molecule has 1 aliphatic rings. The molecule has 0 aromatic heterocycles. The van der Waals surface area contributed by atoms with Crippen LogP contribution in [0.3, 0.4) is 0 Å². The lowest BCUT2D eigenvalue weighted by atomic mass is 10.2. The van der Waals surface area contributed by atoms with Crippen LogP contribution in [-0.4, -0.2) is 35.4 Å². The Bertz CT molecular complexity index is 320. The fourth-order valence-corrected chi connectivity index (χ4v) is 2.30. The Hall–Kier alpha value is -0.900. The van der Waals surface area contributed by atoms with Crippen LogP contribution in [0.4, 0.5) is 0 Å². The van der Waals surface area contributed by atoms with E-state index in [-0.39, 0.29) is 6.23 Å². The first-order valence-electron chi connectivity index (χ1n) is 6.35. The van der Waals surface area contributed by atoms with Gasteiger partial charge in [0.1, 0.15) is 6.23 Å². The minimum absolute atomic E-state index is 0.169. The van der Waals surface area contributed by atoms with Gasteiger partial charge in [-0.15, -0.1) is 0 Å². The Balaban J connectivity index is 1.89. The molecule has 0 amide bonds. The molecule has 2 rings (SSSR count). The van der Waals surface area contributed by atoms with E-state index in [9.17, 15) is 5.11 Å². The normalized spacial score (nSPS) is 20.4. The minimum Gasteiger partial charge on any atom is -0.389 e. The lowest BCUT2D eigenvalue weighted by Crippen LogP contribution is -2.42. The summed E-state index contributed by atoms with van der Waals surface area (Å²) in [4.78, 5) is 2.23. The molecule has 1 fully saturated rings. The van der Waals surface area contributed by atoms with E-state index in [4.69, 9.17) is 4.74 Å². The zero-order valence-electron chi connectivity index (χ0n) is 10.4. The van der Waals surface area contributed by atoms with E-state index < -0.39 is 6.10 Å². The van der Waals surface area contributed by atoms with E-state index in [0.717, 1.165) is 18.7 Å². The smallest absolute Gasteiger partial charge is 0.136 e. The van der Waals surface area contributed by atoms with Crippen molar-refractivity contribution in [1.29, 1.82) is 0 Å². The van der Waals surface area contributed by atoms with Crippen molar-refractivity contribution >= 4 is 0 Å². The number of aliphatic hydroxyl groups is 1. The zero-order valence-corrected chi connectivity index (χ0v) is 10.4. The van der Waals surface area contributed by atoms with Gasteiger partial charge in [-0.05, 0) is 25.3 Å². The lowest BCUT2D eigenvalue weighted by Gasteiger charge is -2.29. The Labute approximate surface area is 103 Å². The molecule has 3 heteroatoms. The van der Waals surface area contributed by atoms with Gasteiger partial charge < -0.3 is 9.84 Å². The second kappa shape index (κ2) is 6.15. The maximum absolute atomic E-state index is 9.78. The second-order valence-corrected chi connectivity index (χ2v) is 4.67. The van der Waals surface area contributed by atoms with Crippen LogP contribution in [0.25, 0.3) is 0 Å². The van der Waals surface area contributed by atoms with E-state index in [1.807, 2.05) is 30.3 Å². The Kier molecular flexibility index (Phi) is 4.54. The first-order chi connectivity index (χ1) is 8.27. The van der Waals surface area contributed by atoms with Gasteiger partial charge in [0.2, 0.25) is 0 Å². The highest BCUT2D eigenvalue weighted by Gasteiger charge is 2.26. The number of hydrogen-bond donors (Lipinski definition) is 1. The molecule has 94 valence electrons. The van der Waals surface area contributed by atoms with Gasteiger partial charge in [-0.3, -0.25) is 4.90 Å². The second-order valence-electron chi connectivity index (χ2n) is 4.67. The molecule has 0 aliphatic carbocycles. The predicted molar refractivity (Wildman–Crippen MR) is 67.5 cm³/mol. The number of benzene rings is 1. The number of aliphatic hydroxyl groups excluding tert-OH is 1. The van der Waals surface area contributed by atoms with E-state index in [1.54, 1.807) is 6.92 Å². The van der Waals surface area contributed by atoms with Gasteiger partial charge in [-0.2, -0.15) is 0 Å². The summed E-state index contributed by atoms with van der Waals surface area (Å²) >= 11 is 0. The molecule has 17 heavy (non-hydrogen) atoms. The molecule has 3 nitrogen and oxygen atoms in total. The number of rotatable bonds is 5. The molecule has 2 atom stereocenters. The van der Waals surface area contributed by atoms with Crippen molar-refractivity contribution in [2.45, 2.75) is 38.7 Å². The Morgan fingerprint density at radius 1 is 1.24 bits per heavy atom. The van der Waals surface area contributed by atoms with E-state index >= 15 is 0 Å². The molecule has 1 aromatic rings. The van der Waals surface area contributed by atoms with Crippen molar-refractivity contribution < 1.29 is 9.84 Å². The fraction of sp³-hybridized carbons (Fsp3) is 0.571. The van der Waals surface area contributed by atoms with Crippen molar-refractivity contribution in [3.63, 3.8) is 0 Å². The van der Waals surface area contributed by atoms with E-state index in [0.29, 0.717) is 6.61 Å². The number of ether oxygens (including phenoxy) is 1. The molecule has 0 saturated carbocycles. The molecule has 0 spiro atoms. The van der Waals surface area contributed by atoms with Crippen molar-refractivity contribution in [3.05, 3.63) is 35.9 Å². The lowest BCUT2D eigenvalue weighted by molar-refractivity contribution is -0.119. The quantitative estimate of drug-likeness (QED) is 0.847.